The number of benzene rings is 1. The standard InChI is InChI=1S/C21H22ClN3O3S3/c1-13-6-7-15(31(27,28)25-10-4-3-5-11-25)12-16(13)24-20(26)19-14(2)23-21(30-19)17-8-9-18(22)29-17/h6-9,12H,3-5,10-11H2,1-2H3,(H,24,26). The largest absolute Gasteiger partial charge is 0.321 e. The zero-order chi connectivity index (χ0) is 22.2. The van der Waals surface area contributed by atoms with Gasteiger partial charge < -0.3 is 5.32 Å². The maximum Gasteiger partial charge on any atom is 0.267 e. The highest BCUT2D eigenvalue weighted by Crippen LogP contribution is 2.35. The third kappa shape index (κ3) is 4.70. The zero-order valence-corrected chi connectivity index (χ0v) is 20.3. The second kappa shape index (κ2) is 8.99. The molecule has 1 aromatic carbocycles. The minimum Gasteiger partial charge on any atom is -0.321 e. The molecule has 4 rings (SSSR count). The van der Waals surface area contributed by atoms with Crippen molar-refractivity contribution in [1.82, 2.24) is 9.29 Å². The molecule has 0 atom stereocenters. The van der Waals surface area contributed by atoms with Crippen molar-refractivity contribution in [2.75, 3.05) is 18.4 Å². The number of hydrogen-bond donors (Lipinski definition) is 1. The zero-order valence-electron chi connectivity index (χ0n) is 17.1. The average Bonchev–Trinajstić information content (AvgIpc) is 3.35. The highest BCUT2D eigenvalue weighted by Gasteiger charge is 2.27. The summed E-state index contributed by atoms with van der Waals surface area (Å²) < 4.78 is 28.2. The Balaban J connectivity index is 1.59. The van der Waals surface area contributed by atoms with Crippen LogP contribution in [0.3, 0.4) is 0 Å². The predicted octanol–water partition coefficient (Wildman–Crippen LogP) is 5.57. The van der Waals surface area contributed by atoms with Crippen molar-refractivity contribution in [3.63, 3.8) is 0 Å². The van der Waals surface area contributed by atoms with E-state index in [4.69, 9.17) is 11.6 Å². The van der Waals surface area contributed by atoms with Gasteiger partial charge in [0, 0.05) is 18.8 Å². The highest BCUT2D eigenvalue weighted by molar-refractivity contribution is 7.89. The fourth-order valence-electron chi connectivity index (χ4n) is 3.47. The minimum atomic E-state index is -3.58. The van der Waals surface area contributed by atoms with Crippen molar-refractivity contribution in [2.45, 2.75) is 38.0 Å². The minimum absolute atomic E-state index is 0.199. The van der Waals surface area contributed by atoms with Crippen LogP contribution in [0.2, 0.25) is 4.34 Å². The molecule has 10 heteroatoms. The summed E-state index contributed by atoms with van der Waals surface area (Å²) in [5.41, 5.74) is 1.90. The molecular weight excluding hydrogens is 474 g/mol. The molecule has 164 valence electrons. The molecule has 1 aliphatic rings. The Hall–Kier alpha value is -1.78. The van der Waals surface area contributed by atoms with Crippen LogP contribution in [0.25, 0.3) is 9.88 Å². The number of nitrogens with zero attached hydrogens (tertiary/aromatic N) is 2. The smallest absolute Gasteiger partial charge is 0.267 e. The second-order valence-corrected chi connectivity index (χ2v) is 12.1. The number of thiazole rings is 1. The van der Waals surface area contributed by atoms with Gasteiger partial charge in [-0.3, -0.25) is 4.79 Å². The van der Waals surface area contributed by atoms with Crippen molar-refractivity contribution in [3.05, 3.63) is 50.8 Å². The van der Waals surface area contributed by atoms with Crippen LogP contribution in [0, 0.1) is 13.8 Å². The number of amides is 1. The van der Waals surface area contributed by atoms with Crippen LogP contribution in [-0.2, 0) is 10.0 Å². The molecule has 0 spiro atoms. The number of aromatic nitrogens is 1. The van der Waals surface area contributed by atoms with Crippen molar-refractivity contribution >= 4 is 55.9 Å². The van der Waals surface area contributed by atoms with Crippen molar-refractivity contribution < 1.29 is 13.2 Å². The molecule has 1 amide bonds. The SMILES string of the molecule is Cc1ccc(S(=O)(=O)N2CCCCC2)cc1NC(=O)c1sc(-c2ccc(Cl)s2)nc1C. The van der Waals surface area contributed by atoms with E-state index in [-0.39, 0.29) is 10.8 Å². The lowest BCUT2D eigenvalue weighted by atomic mass is 10.2. The normalized spacial score (nSPS) is 15.2. The van der Waals surface area contributed by atoms with Gasteiger partial charge in [0.05, 0.1) is 19.8 Å². The molecule has 1 N–H and O–H groups in total. The topological polar surface area (TPSA) is 79.4 Å². The van der Waals surface area contributed by atoms with E-state index in [1.54, 1.807) is 31.2 Å². The maximum atomic E-state index is 13.0. The molecule has 1 aliphatic heterocycles. The molecular formula is C21H22ClN3O3S3. The van der Waals surface area contributed by atoms with Gasteiger partial charge in [-0.2, -0.15) is 4.31 Å². The molecule has 0 saturated carbocycles. The Morgan fingerprint density at radius 1 is 1.10 bits per heavy atom. The number of rotatable bonds is 5. The van der Waals surface area contributed by atoms with Crippen LogP contribution in [0.5, 0.6) is 0 Å². The summed E-state index contributed by atoms with van der Waals surface area (Å²) in [6.07, 6.45) is 2.79. The summed E-state index contributed by atoms with van der Waals surface area (Å²) in [6.45, 7) is 4.70. The summed E-state index contributed by atoms with van der Waals surface area (Å²) in [4.78, 5) is 19.1. The number of carbonyl (C=O) groups excluding carboxylic acids is 1. The Morgan fingerprint density at radius 2 is 1.84 bits per heavy atom. The van der Waals surface area contributed by atoms with Gasteiger partial charge in [0.1, 0.15) is 9.88 Å². The van der Waals surface area contributed by atoms with Crippen molar-refractivity contribution in [3.8, 4) is 9.88 Å². The van der Waals surface area contributed by atoms with Crippen LogP contribution in [-0.4, -0.2) is 36.7 Å². The third-order valence-corrected chi connectivity index (χ3v) is 9.65. The Morgan fingerprint density at radius 3 is 2.52 bits per heavy atom. The fraction of sp³-hybridized carbons (Fsp3) is 0.333. The summed E-state index contributed by atoms with van der Waals surface area (Å²) in [7, 11) is -3.58. The van der Waals surface area contributed by atoms with E-state index in [9.17, 15) is 13.2 Å². The van der Waals surface area contributed by atoms with Crippen molar-refractivity contribution in [1.29, 1.82) is 0 Å². The quantitative estimate of drug-likeness (QED) is 0.502. The van der Waals surface area contributed by atoms with Crippen LogP contribution >= 0.6 is 34.3 Å². The fourth-order valence-corrected chi connectivity index (χ4v) is 7.07. The lowest BCUT2D eigenvalue weighted by molar-refractivity contribution is 0.102. The van der Waals surface area contributed by atoms with Crippen molar-refractivity contribution in [2.24, 2.45) is 0 Å². The number of anilines is 1. The van der Waals surface area contributed by atoms with E-state index in [0.29, 0.717) is 33.7 Å². The van der Waals surface area contributed by atoms with Gasteiger partial charge in [-0.1, -0.05) is 24.1 Å². The van der Waals surface area contributed by atoms with E-state index in [1.165, 1.54) is 27.0 Å². The van der Waals surface area contributed by atoms with Gasteiger partial charge >= 0.3 is 0 Å². The summed E-state index contributed by atoms with van der Waals surface area (Å²) in [5, 5.41) is 3.61. The first-order valence-corrected chi connectivity index (χ1v) is 13.4. The summed E-state index contributed by atoms with van der Waals surface area (Å²) in [6, 6.07) is 8.56. The number of sulfonamides is 1. The Kier molecular flexibility index (Phi) is 6.50. The number of piperidine rings is 1. The second-order valence-electron chi connectivity index (χ2n) is 7.43. The predicted molar refractivity (Wildman–Crippen MR) is 127 cm³/mol. The molecule has 31 heavy (non-hydrogen) atoms. The van der Waals surface area contributed by atoms with E-state index in [2.05, 4.69) is 10.3 Å². The molecule has 1 fully saturated rings. The number of aryl methyl sites for hydroxylation is 2. The van der Waals surface area contributed by atoms with Crippen LogP contribution < -0.4 is 5.32 Å². The Labute approximate surface area is 194 Å². The van der Waals surface area contributed by atoms with Crippen LogP contribution in [0.15, 0.2) is 35.2 Å². The van der Waals surface area contributed by atoms with Gasteiger partial charge in [-0.25, -0.2) is 13.4 Å². The number of nitrogens with one attached hydrogen (secondary N) is 1. The number of halogens is 1. The molecule has 0 unspecified atom stereocenters. The highest BCUT2D eigenvalue weighted by atomic mass is 35.5. The van der Waals surface area contributed by atoms with Gasteiger partial charge in [0.15, 0.2) is 0 Å². The number of thiophene rings is 1. The third-order valence-electron chi connectivity index (χ3n) is 5.20. The van der Waals surface area contributed by atoms with Gasteiger partial charge in [-0.15, -0.1) is 22.7 Å². The summed E-state index contributed by atoms with van der Waals surface area (Å²) >= 11 is 8.72. The van der Waals surface area contributed by atoms with Crippen LogP contribution in [0.1, 0.15) is 40.2 Å². The maximum absolute atomic E-state index is 13.0. The monoisotopic (exact) mass is 495 g/mol. The first-order chi connectivity index (χ1) is 14.8. The average molecular weight is 496 g/mol. The number of hydrogen-bond acceptors (Lipinski definition) is 6. The summed E-state index contributed by atoms with van der Waals surface area (Å²) in [5.74, 6) is -0.306. The van der Waals surface area contributed by atoms with E-state index >= 15 is 0 Å². The molecule has 6 nitrogen and oxygen atoms in total. The molecule has 2 aromatic heterocycles. The molecule has 0 aliphatic carbocycles. The Bertz CT molecular complexity index is 1230. The molecule has 1 saturated heterocycles. The van der Waals surface area contributed by atoms with E-state index < -0.39 is 10.0 Å². The first-order valence-electron chi connectivity index (χ1n) is 9.91. The van der Waals surface area contributed by atoms with Gasteiger partial charge in [-0.05, 0) is 56.5 Å². The molecule has 3 aromatic rings. The van der Waals surface area contributed by atoms with Gasteiger partial charge in [0.2, 0.25) is 10.0 Å². The van der Waals surface area contributed by atoms with Crippen LogP contribution in [0.4, 0.5) is 5.69 Å². The van der Waals surface area contributed by atoms with E-state index in [0.717, 1.165) is 34.7 Å². The lowest BCUT2D eigenvalue weighted by Gasteiger charge is -2.26. The molecule has 0 radical (unpaired) electrons. The van der Waals surface area contributed by atoms with Gasteiger partial charge in [0.25, 0.3) is 5.91 Å². The van der Waals surface area contributed by atoms with E-state index in [1.807, 2.05) is 13.0 Å². The number of carbonyl (C=O) groups is 1. The first kappa shape index (κ1) is 22.4. The molecule has 0 bridgehead atoms. The lowest BCUT2D eigenvalue weighted by Crippen LogP contribution is -2.35. The molecule has 3 heterocycles.